The maximum Gasteiger partial charge on any atom is 0.327 e. The number of hydrogen-bond acceptors (Lipinski definition) is 5. The van der Waals surface area contributed by atoms with Crippen LogP contribution in [0.25, 0.3) is 0 Å². The highest BCUT2D eigenvalue weighted by atomic mass is 32.2. The Kier molecular flexibility index (Phi) is 5.76. The summed E-state index contributed by atoms with van der Waals surface area (Å²) in [6.45, 7) is 2.51. The number of sulfone groups is 1. The second kappa shape index (κ2) is 6.34. The van der Waals surface area contributed by atoms with Crippen LogP contribution in [0.1, 0.15) is 20.3 Å². The summed E-state index contributed by atoms with van der Waals surface area (Å²) in [5, 5.41) is 9.32. The molecule has 2 amide bonds. The highest BCUT2D eigenvalue weighted by Crippen LogP contribution is 2.08. The third-order valence-electron chi connectivity index (χ3n) is 2.20. The van der Waals surface area contributed by atoms with Gasteiger partial charge >= 0.3 is 5.97 Å². The van der Waals surface area contributed by atoms with E-state index in [2.05, 4.69) is 0 Å². The van der Waals surface area contributed by atoms with Crippen molar-refractivity contribution < 1.29 is 27.9 Å². The number of rotatable bonds is 7. The van der Waals surface area contributed by atoms with Crippen molar-refractivity contribution >= 4 is 27.6 Å². The van der Waals surface area contributed by atoms with Gasteiger partial charge in [0, 0.05) is 6.92 Å². The summed E-state index contributed by atoms with van der Waals surface area (Å²) in [5.41, 5.74) is 4.93. The number of primary amides is 1. The van der Waals surface area contributed by atoms with Crippen molar-refractivity contribution in [3.05, 3.63) is 0 Å². The molecule has 4 N–H and O–H groups in total. The number of nitrogens with one attached hydrogen (secondary N) is 1. The molecule has 2 atom stereocenters. The zero-order chi connectivity index (χ0) is 14.5. The monoisotopic (exact) mass is 280 g/mol. The highest BCUT2D eigenvalue weighted by Gasteiger charge is 2.34. The molecule has 0 rings (SSSR count). The fourth-order valence-electron chi connectivity index (χ4n) is 1.40. The summed E-state index contributed by atoms with van der Waals surface area (Å²) in [7, 11) is -4.03. The molecule has 0 aromatic heterocycles. The topological polar surface area (TPSA) is 144 Å². The molecule has 0 fully saturated rings. The maximum atomic E-state index is 11.8. The number of hydrogen-bond donors (Lipinski definition) is 3. The standard InChI is InChI=1S/C9H16N2O6S/c1-3-7(8(10)13)18(16,17)4-6(9(14)15)11-5(2)12/h6-7H,3-4H2,1-2H3,(H2,10,13)(H,11,12)(H,14,15)/t6-,7?/m0/s1. The molecule has 0 aromatic rings. The summed E-state index contributed by atoms with van der Waals surface area (Å²) in [5.74, 6) is -4.08. The van der Waals surface area contributed by atoms with Crippen molar-refractivity contribution in [3.63, 3.8) is 0 Å². The second-order valence-electron chi connectivity index (χ2n) is 3.72. The van der Waals surface area contributed by atoms with Gasteiger partial charge in [-0.1, -0.05) is 6.92 Å². The van der Waals surface area contributed by atoms with Crippen LogP contribution in [0.5, 0.6) is 0 Å². The number of nitrogens with two attached hydrogens (primary N) is 1. The van der Waals surface area contributed by atoms with E-state index in [0.717, 1.165) is 6.92 Å². The molecule has 104 valence electrons. The normalized spacial score (nSPS) is 14.6. The van der Waals surface area contributed by atoms with Crippen molar-refractivity contribution in [2.24, 2.45) is 5.73 Å². The molecular weight excluding hydrogens is 264 g/mol. The zero-order valence-electron chi connectivity index (χ0n) is 10.0. The van der Waals surface area contributed by atoms with Gasteiger partial charge in [0.05, 0.1) is 5.75 Å². The Bertz CT molecular complexity index is 444. The van der Waals surface area contributed by atoms with E-state index in [1.165, 1.54) is 6.92 Å². The first-order chi connectivity index (χ1) is 8.11. The summed E-state index contributed by atoms with van der Waals surface area (Å²) < 4.78 is 23.6. The number of aliphatic carboxylic acids is 1. The Morgan fingerprint density at radius 3 is 2.11 bits per heavy atom. The van der Waals surface area contributed by atoms with Gasteiger partial charge in [-0.15, -0.1) is 0 Å². The Hall–Kier alpha value is -1.64. The molecule has 0 radical (unpaired) electrons. The molecule has 0 aliphatic rings. The first-order valence-electron chi connectivity index (χ1n) is 5.12. The lowest BCUT2D eigenvalue weighted by Crippen LogP contribution is -2.48. The van der Waals surface area contributed by atoms with Crippen molar-refractivity contribution in [2.75, 3.05) is 5.75 Å². The van der Waals surface area contributed by atoms with Crippen LogP contribution < -0.4 is 11.1 Å². The van der Waals surface area contributed by atoms with Crippen LogP contribution in [0.15, 0.2) is 0 Å². The van der Waals surface area contributed by atoms with Crippen LogP contribution >= 0.6 is 0 Å². The number of carboxylic acid groups (broad SMARTS) is 1. The SMILES string of the molecule is CCC(C(N)=O)S(=O)(=O)C[C@H](NC(C)=O)C(=O)O. The predicted molar refractivity (Wildman–Crippen MR) is 62.3 cm³/mol. The molecule has 0 aliphatic heterocycles. The molecule has 1 unspecified atom stereocenters. The van der Waals surface area contributed by atoms with E-state index in [9.17, 15) is 22.8 Å². The van der Waals surface area contributed by atoms with Crippen LogP contribution in [-0.4, -0.2) is 48.4 Å². The Balaban J connectivity index is 5.07. The Morgan fingerprint density at radius 1 is 1.33 bits per heavy atom. The molecule has 0 aromatic carbocycles. The van der Waals surface area contributed by atoms with Crippen molar-refractivity contribution in [1.29, 1.82) is 0 Å². The van der Waals surface area contributed by atoms with Crippen molar-refractivity contribution in [3.8, 4) is 0 Å². The fourth-order valence-corrected chi connectivity index (χ4v) is 3.19. The average molecular weight is 280 g/mol. The van der Waals surface area contributed by atoms with Crippen molar-refractivity contribution in [2.45, 2.75) is 31.6 Å². The first kappa shape index (κ1) is 16.4. The highest BCUT2D eigenvalue weighted by molar-refractivity contribution is 7.92. The molecule has 9 heteroatoms. The quantitative estimate of drug-likeness (QED) is 0.504. The lowest BCUT2D eigenvalue weighted by atomic mass is 10.3. The van der Waals surface area contributed by atoms with Crippen LogP contribution in [-0.2, 0) is 24.2 Å². The molecule has 0 spiro atoms. The van der Waals surface area contributed by atoms with Gasteiger partial charge in [0.15, 0.2) is 9.84 Å². The van der Waals surface area contributed by atoms with E-state index >= 15 is 0 Å². The number of carbonyl (C=O) groups is 3. The summed E-state index contributed by atoms with van der Waals surface area (Å²) in [6, 6.07) is -1.60. The molecule has 0 saturated carbocycles. The summed E-state index contributed by atoms with van der Waals surface area (Å²) >= 11 is 0. The number of carboxylic acids is 1. The summed E-state index contributed by atoms with van der Waals surface area (Å²) in [6.07, 6.45) is -0.0515. The average Bonchev–Trinajstić information content (AvgIpc) is 2.14. The zero-order valence-corrected chi connectivity index (χ0v) is 10.9. The van der Waals surface area contributed by atoms with Gasteiger partial charge < -0.3 is 16.2 Å². The predicted octanol–water partition coefficient (Wildman–Crippen LogP) is -1.75. The smallest absolute Gasteiger partial charge is 0.327 e. The van der Waals surface area contributed by atoms with Gasteiger partial charge in [-0.05, 0) is 6.42 Å². The van der Waals surface area contributed by atoms with E-state index in [1.54, 1.807) is 0 Å². The third kappa shape index (κ3) is 4.70. The second-order valence-corrected chi connectivity index (χ2v) is 5.95. The van der Waals surface area contributed by atoms with Gasteiger partial charge in [0.2, 0.25) is 11.8 Å². The van der Waals surface area contributed by atoms with Crippen LogP contribution in [0.3, 0.4) is 0 Å². The van der Waals surface area contributed by atoms with E-state index < -0.39 is 44.7 Å². The Labute approximate surface area is 104 Å². The third-order valence-corrected chi connectivity index (χ3v) is 4.43. The molecule has 0 bridgehead atoms. The summed E-state index contributed by atoms with van der Waals surface area (Å²) in [4.78, 5) is 32.5. The lowest BCUT2D eigenvalue weighted by molar-refractivity contribution is -0.140. The largest absolute Gasteiger partial charge is 0.480 e. The minimum atomic E-state index is -4.03. The van der Waals surface area contributed by atoms with Gasteiger partial charge in [0.25, 0.3) is 0 Å². The number of amides is 2. The molecule has 8 nitrogen and oxygen atoms in total. The van der Waals surface area contributed by atoms with Crippen LogP contribution in [0.4, 0.5) is 0 Å². The molecular formula is C9H16N2O6S. The molecule has 0 aliphatic carbocycles. The van der Waals surface area contributed by atoms with Crippen molar-refractivity contribution in [1.82, 2.24) is 5.32 Å². The number of carbonyl (C=O) groups excluding carboxylic acids is 2. The molecule has 0 saturated heterocycles. The minimum absolute atomic E-state index is 0.0515. The van der Waals surface area contributed by atoms with Gasteiger partial charge in [-0.2, -0.15) is 0 Å². The van der Waals surface area contributed by atoms with Gasteiger partial charge in [-0.3, -0.25) is 9.59 Å². The van der Waals surface area contributed by atoms with E-state index in [-0.39, 0.29) is 6.42 Å². The lowest BCUT2D eigenvalue weighted by Gasteiger charge is -2.17. The first-order valence-corrected chi connectivity index (χ1v) is 6.84. The van der Waals surface area contributed by atoms with Crippen LogP contribution in [0.2, 0.25) is 0 Å². The van der Waals surface area contributed by atoms with Crippen LogP contribution in [0, 0.1) is 0 Å². The van der Waals surface area contributed by atoms with Gasteiger partial charge in [-0.25, -0.2) is 13.2 Å². The maximum absolute atomic E-state index is 11.8. The minimum Gasteiger partial charge on any atom is -0.480 e. The fraction of sp³-hybridized carbons (Fsp3) is 0.667. The molecule has 0 heterocycles. The van der Waals surface area contributed by atoms with E-state index in [0.29, 0.717) is 0 Å². The molecule has 18 heavy (non-hydrogen) atoms. The van der Waals surface area contributed by atoms with Gasteiger partial charge in [0.1, 0.15) is 11.3 Å². The van der Waals surface area contributed by atoms with E-state index in [4.69, 9.17) is 10.8 Å². The Morgan fingerprint density at radius 2 is 1.83 bits per heavy atom. The van der Waals surface area contributed by atoms with E-state index in [1.807, 2.05) is 5.32 Å².